The molecule has 1 rings (SSSR count). The third-order valence-corrected chi connectivity index (χ3v) is 2.80. The second-order valence-corrected chi connectivity index (χ2v) is 4.41. The molecule has 0 aliphatic rings. The van der Waals surface area contributed by atoms with Gasteiger partial charge in [0.05, 0.1) is 12.7 Å². The maximum absolute atomic E-state index is 13.7. The minimum Gasteiger partial charge on any atom is -0.497 e. The topological polar surface area (TPSA) is 64.3 Å². The lowest BCUT2D eigenvalue weighted by atomic mass is 10.0. The van der Waals surface area contributed by atoms with E-state index in [-0.39, 0.29) is 17.5 Å². The number of nitrogens with one attached hydrogen (secondary N) is 1. The van der Waals surface area contributed by atoms with Crippen LogP contribution in [0.3, 0.4) is 0 Å². The van der Waals surface area contributed by atoms with Gasteiger partial charge in [0.1, 0.15) is 11.6 Å². The number of hydrogen-bond acceptors (Lipinski definition) is 3. The number of nitrogens with two attached hydrogens (primary N) is 1. The van der Waals surface area contributed by atoms with Crippen molar-refractivity contribution in [3.05, 3.63) is 29.6 Å². The Morgan fingerprint density at radius 2 is 2.17 bits per heavy atom. The summed E-state index contributed by atoms with van der Waals surface area (Å²) in [5, 5.41) is 2.72. The Bertz CT molecular complexity index is 421. The van der Waals surface area contributed by atoms with Crippen molar-refractivity contribution in [1.29, 1.82) is 0 Å². The Labute approximate surface area is 106 Å². The van der Waals surface area contributed by atoms with E-state index >= 15 is 0 Å². The van der Waals surface area contributed by atoms with Gasteiger partial charge in [-0.15, -0.1) is 0 Å². The van der Waals surface area contributed by atoms with E-state index < -0.39 is 11.7 Å². The van der Waals surface area contributed by atoms with E-state index in [1.54, 1.807) is 6.07 Å². The third-order valence-electron chi connectivity index (χ3n) is 2.80. The Morgan fingerprint density at radius 1 is 1.50 bits per heavy atom. The summed E-state index contributed by atoms with van der Waals surface area (Å²) < 4.78 is 18.5. The highest BCUT2D eigenvalue weighted by Gasteiger charge is 2.18. The van der Waals surface area contributed by atoms with Crippen LogP contribution in [0.5, 0.6) is 5.75 Å². The highest BCUT2D eigenvalue weighted by atomic mass is 19.1. The highest BCUT2D eigenvalue weighted by molar-refractivity contribution is 5.94. The van der Waals surface area contributed by atoms with Crippen molar-refractivity contribution in [2.24, 2.45) is 11.7 Å². The molecule has 0 aromatic heterocycles. The molecule has 1 aromatic rings. The second kappa shape index (κ2) is 6.35. The van der Waals surface area contributed by atoms with Crippen LogP contribution in [0.4, 0.5) is 4.39 Å². The molecule has 1 amide bonds. The minimum absolute atomic E-state index is 0.00472. The van der Waals surface area contributed by atoms with Crippen LogP contribution in [0.25, 0.3) is 0 Å². The quantitative estimate of drug-likeness (QED) is 0.838. The number of methoxy groups -OCH3 is 1. The second-order valence-electron chi connectivity index (χ2n) is 4.41. The molecule has 5 heteroatoms. The van der Waals surface area contributed by atoms with E-state index in [0.717, 1.165) is 0 Å². The van der Waals surface area contributed by atoms with Crippen LogP contribution in [0.1, 0.15) is 24.2 Å². The molecule has 0 spiro atoms. The van der Waals surface area contributed by atoms with Crippen LogP contribution in [0.2, 0.25) is 0 Å². The van der Waals surface area contributed by atoms with Crippen molar-refractivity contribution in [2.75, 3.05) is 13.7 Å². The Kier molecular flexibility index (Phi) is 5.09. The van der Waals surface area contributed by atoms with Crippen molar-refractivity contribution < 1.29 is 13.9 Å². The van der Waals surface area contributed by atoms with Crippen LogP contribution < -0.4 is 15.8 Å². The normalized spacial score (nSPS) is 12.3. The summed E-state index contributed by atoms with van der Waals surface area (Å²) in [5.74, 6) is -0.491. The first kappa shape index (κ1) is 14.4. The van der Waals surface area contributed by atoms with Gasteiger partial charge in [0.15, 0.2) is 0 Å². The molecule has 18 heavy (non-hydrogen) atoms. The summed E-state index contributed by atoms with van der Waals surface area (Å²) in [4.78, 5) is 11.9. The van der Waals surface area contributed by atoms with Gasteiger partial charge in [0, 0.05) is 18.7 Å². The molecular weight excluding hydrogens is 235 g/mol. The van der Waals surface area contributed by atoms with E-state index in [4.69, 9.17) is 10.5 Å². The molecule has 0 saturated carbocycles. The van der Waals surface area contributed by atoms with E-state index in [2.05, 4.69) is 5.32 Å². The lowest BCUT2D eigenvalue weighted by molar-refractivity contribution is 0.0923. The number of halogens is 1. The minimum atomic E-state index is -0.605. The first-order chi connectivity index (χ1) is 8.49. The third kappa shape index (κ3) is 3.43. The van der Waals surface area contributed by atoms with Crippen molar-refractivity contribution >= 4 is 5.91 Å². The van der Waals surface area contributed by atoms with Gasteiger partial charge in [-0.1, -0.05) is 13.8 Å². The largest absolute Gasteiger partial charge is 0.497 e. The lowest BCUT2D eigenvalue weighted by Gasteiger charge is -2.20. The average molecular weight is 254 g/mol. The number of rotatable bonds is 5. The number of amides is 1. The van der Waals surface area contributed by atoms with Crippen LogP contribution in [0, 0.1) is 11.7 Å². The predicted octanol–water partition coefficient (Wildman–Crippen LogP) is 1.55. The fourth-order valence-corrected chi connectivity index (χ4v) is 1.55. The van der Waals surface area contributed by atoms with E-state index in [9.17, 15) is 9.18 Å². The molecule has 1 atom stereocenters. The van der Waals surface area contributed by atoms with Crippen molar-refractivity contribution in [2.45, 2.75) is 19.9 Å². The van der Waals surface area contributed by atoms with Gasteiger partial charge in [0.2, 0.25) is 0 Å². The number of carbonyl (C=O) groups excluding carboxylic acids is 1. The molecule has 4 nitrogen and oxygen atoms in total. The average Bonchev–Trinajstić information content (AvgIpc) is 2.34. The molecular formula is C13H19FN2O2. The zero-order valence-corrected chi connectivity index (χ0v) is 10.9. The van der Waals surface area contributed by atoms with Crippen LogP contribution in [-0.2, 0) is 0 Å². The summed E-state index contributed by atoms with van der Waals surface area (Å²) in [6.07, 6.45) is 0. The van der Waals surface area contributed by atoms with Crippen LogP contribution in [-0.4, -0.2) is 25.6 Å². The fourth-order valence-electron chi connectivity index (χ4n) is 1.55. The predicted molar refractivity (Wildman–Crippen MR) is 68.1 cm³/mol. The van der Waals surface area contributed by atoms with Crippen molar-refractivity contribution in [3.63, 3.8) is 0 Å². The molecule has 1 aromatic carbocycles. The van der Waals surface area contributed by atoms with E-state index in [1.165, 1.54) is 19.2 Å². The monoisotopic (exact) mass is 254 g/mol. The molecule has 3 N–H and O–H groups in total. The number of ether oxygens (including phenoxy) is 1. The van der Waals surface area contributed by atoms with Gasteiger partial charge in [-0.25, -0.2) is 4.39 Å². The molecule has 0 fully saturated rings. The molecule has 0 saturated heterocycles. The van der Waals surface area contributed by atoms with Crippen molar-refractivity contribution in [3.8, 4) is 5.75 Å². The Balaban J connectivity index is 2.84. The molecule has 1 unspecified atom stereocenters. The summed E-state index contributed by atoms with van der Waals surface area (Å²) in [7, 11) is 1.44. The van der Waals surface area contributed by atoms with E-state index in [1.807, 2.05) is 13.8 Å². The lowest BCUT2D eigenvalue weighted by Crippen LogP contribution is -2.43. The molecule has 0 radical (unpaired) electrons. The standard InChI is InChI=1S/C13H19FN2O2/c1-8(2)12(7-15)16-13(17)10-5-4-9(18-3)6-11(10)14/h4-6,8,12H,7,15H2,1-3H3,(H,16,17). The summed E-state index contributed by atoms with van der Waals surface area (Å²) in [6, 6.07) is 3.96. The molecule has 100 valence electrons. The fraction of sp³-hybridized carbons (Fsp3) is 0.462. The SMILES string of the molecule is COc1ccc(C(=O)NC(CN)C(C)C)c(F)c1. The maximum Gasteiger partial charge on any atom is 0.254 e. The van der Waals surface area contributed by atoms with Gasteiger partial charge < -0.3 is 15.8 Å². The van der Waals surface area contributed by atoms with Crippen molar-refractivity contribution in [1.82, 2.24) is 5.32 Å². The highest BCUT2D eigenvalue weighted by Crippen LogP contribution is 2.16. The number of hydrogen-bond donors (Lipinski definition) is 2. The summed E-state index contributed by atoms with van der Waals surface area (Å²) >= 11 is 0. The van der Waals surface area contributed by atoms with Gasteiger partial charge in [-0.2, -0.15) is 0 Å². The van der Waals surface area contributed by atoms with Gasteiger partial charge in [-0.05, 0) is 18.1 Å². The Hall–Kier alpha value is -1.62. The van der Waals surface area contributed by atoms with Crippen LogP contribution in [0.15, 0.2) is 18.2 Å². The molecule has 0 heterocycles. The summed E-state index contributed by atoms with van der Waals surface area (Å²) in [5.41, 5.74) is 5.55. The maximum atomic E-state index is 13.7. The van der Waals surface area contributed by atoms with Gasteiger partial charge >= 0.3 is 0 Å². The van der Waals surface area contributed by atoms with Crippen LogP contribution >= 0.6 is 0 Å². The smallest absolute Gasteiger partial charge is 0.254 e. The zero-order valence-electron chi connectivity index (χ0n) is 10.9. The van der Waals surface area contributed by atoms with Gasteiger partial charge in [0.25, 0.3) is 5.91 Å². The molecule has 0 aliphatic heterocycles. The zero-order chi connectivity index (χ0) is 13.7. The first-order valence-corrected chi connectivity index (χ1v) is 5.84. The first-order valence-electron chi connectivity index (χ1n) is 5.84. The molecule has 0 aliphatic carbocycles. The molecule has 0 bridgehead atoms. The van der Waals surface area contributed by atoms with E-state index in [0.29, 0.717) is 12.3 Å². The van der Waals surface area contributed by atoms with Gasteiger partial charge in [-0.3, -0.25) is 4.79 Å². The summed E-state index contributed by atoms with van der Waals surface area (Å²) in [6.45, 7) is 4.21. The Morgan fingerprint density at radius 3 is 2.61 bits per heavy atom. The number of benzene rings is 1. The number of carbonyl (C=O) groups is 1.